The highest BCUT2D eigenvalue weighted by molar-refractivity contribution is 5.91. The van der Waals surface area contributed by atoms with E-state index < -0.39 is 11.7 Å². The van der Waals surface area contributed by atoms with Gasteiger partial charge in [-0.05, 0) is 29.8 Å². The summed E-state index contributed by atoms with van der Waals surface area (Å²) in [5.41, 5.74) is -0.0789. The minimum absolute atomic E-state index is 0.0725. The number of nitrogens with zero attached hydrogens (tertiary/aromatic N) is 1. The van der Waals surface area contributed by atoms with Crippen LogP contribution in [-0.2, 0) is 6.18 Å². The Kier molecular flexibility index (Phi) is 4.28. The highest BCUT2D eigenvalue weighted by Crippen LogP contribution is 2.39. The van der Waals surface area contributed by atoms with Crippen molar-refractivity contribution in [3.8, 4) is 23.3 Å². The summed E-state index contributed by atoms with van der Waals surface area (Å²) in [4.78, 5) is 0. The molecule has 0 saturated heterocycles. The minimum atomic E-state index is -4.48. The van der Waals surface area contributed by atoms with Crippen LogP contribution in [-0.4, -0.2) is 13.9 Å². The fourth-order valence-corrected chi connectivity index (χ4v) is 2.43. The summed E-state index contributed by atoms with van der Waals surface area (Å²) in [7, 11) is 1.45. The third kappa shape index (κ3) is 3.38. The first-order valence-corrected chi connectivity index (χ1v) is 7.19. The van der Waals surface area contributed by atoms with Crippen LogP contribution in [0, 0.1) is 11.3 Å². The van der Waals surface area contributed by atoms with E-state index >= 15 is 0 Å². The molecular formula is C18H12F3NO3. The van der Waals surface area contributed by atoms with E-state index in [1.54, 1.807) is 12.1 Å². The van der Waals surface area contributed by atoms with Gasteiger partial charge in [0.05, 0.1) is 24.3 Å². The van der Waals surface area contributed by atoms with Crippen LogP contribution in [0.25, 0.3) is 11.6 Å². The van der Waals surface area contributed by atoms with E-state index in [0.29, 0.717) is 22.8 Å². The van der Waals surface area contributed by atoms with Crippen LogP contribution in [0.3, 0.4) is 0 Å². The number of ether oxygens (including phenoxy) is 3. The number of hydrogen-bond acceptors (Lipinski definition) is 4. The Hall–Kier alpha value is -3.14. The van der Waals surface area contributed by atoms with Gasteiger partial charge in [0.2, 0.25) is 6.79 Å². The van der Waals surface area contributed by atoms with Crippen LogP contribution in [0.1, 0.15) is 16.7 Å². The van der Waals surface area contributed by atoms with Crippen LogP contribution in [0.15, 0.2) is 36.4 Å². The number of rotatable bonds is 3. The smallest absolute Gasteiger partial charge is 0.416 e. The Morgan fingerprint density at radius 1 is 1.20 bits per heavy atom. The molecule has 0 amide bonds. The lowest BCUT2D eigenvalue weighted by Gasteiger charge is -2.09. The summed E-state index contributed by atoms with van der Waals surface area (Å²) in [6.07, 6.45) is -3.02. The Morgan fingerprint density at radius 2 is 1.92 bits per heavy atom. The molecule has 1 heterocycles. The van der Waals surface area contributed by atoms with E-state index in [4.69, 9.17) is 14.2 Å². The molecule has 0 aromatic heterocycles. The molecule has 0 atom stereocenters. The molecule has 128 valence electrons. The fourth-order valence-electron chi connectivity index (χ4n) is 2.43. The molecule has 4 nitrogen and oxygen atoms in total. The first kappa shape index (κ1) is 16.7. The SMILES string of the molecule is COc1cc2c(cc1/C=C(\C#N)c1cccc(C(F)(F)F)c1)OCO2. The monoisotopic (exact) mass is 347 g/mol. The number of hydrogen-bond donors (Lipinski definition) is 0. The second-order valence-electron chi connectivity index (χ2n) is 5.20. The number of benzene rings is 2. The molecular weight excluding hydrogens is 335 g/mol. The Bertz CT molecular complexity index is 882. The maximum atomic E-state index is 12.9. The van der Waals surface area contributed by atoms with Gasteiger partial charge in [-0.1, -0.05) is 12.1 Å². The van der Waals surface area contributed by atoms with Gasteiger partial charge in [0.25, 0.3) is 0 Å². The molecule has 25 heavy (non-hydrogen) atoms. The van der Waals surface area contributed by atoms with Crippen molar-refractivity contribution < 1.29 is 27.4 Å². The lowest BCUT2D eigenvalue weighted by molar-refractivity contribution is -0.137. The maximum Gasteiger partial charge on any atom is 0.416 e. The van der Waals surface area contributed by atoms with Gasteiger partial charge < -0.3 is 14.2 Å². The van der Waals surface area contributed by atoms with Crippen LogP contribution in [0.5, 0.6) is 17.2 Å². The molecule has 0 fully saturated rings. The van der Waals surface area contributed by atoms with E-state index in [2.05, 4.69) is 0 Å². The van der Waals surface area contributed by atoms with E-state index in [1.165, 1.54) is 25.3 Å². The summed E-state index contributed by atoms with van der Waals surface area (Å²) in [5, 5.41) is 9.40. The molecule has 7 heteroatoms. The lowest BCUT2D eigenvalue weighted by atomic mass is 10.0. The predicted octanol–water partition coefficient (Wildman–Crippen LogP) is 4.51. The number of alkyl halides is 3. The molecule has 0 spiro atoms. The molecule has 2 aromatic rings. The molecule has 0 aliphatic carbocycles. The lowest BCUT2D eigenvalue weighted by Crippen LogP contribution is -2.04. The van der Waals surface area contributed by atoms with Crippen molar-refractivity contribution in [2.75, 3.05) is 13.9 Å². The van der Waals surface area contributed by atoms with Crippen LogP contribution < -0.4 is 14.2 Å². The van der Waals surface area contributed by atoms with E-state index in [9.17, 15) is 18.4 Å². The number of nitriles is 1. The van der Waals surface area contributed by atoms with Gasteiger partial charge in [-0.3, -0.25) is 0 Å². The molecule has 0 saturated carbocycles. The average Bonchev–Trinajstić information content (AvgIpc) is 3.05. The third-order valence-electron chi connectivity index (χ3n) is 3.65. The average molecular weight is 347 g/mol. The zero-order valence-corrected chi connectivity index (χ0v) is 13.1. The number of halogens is 3. The summed E-state index contributed by atoms with van der Waals surface area (Å²) in [6, 6.07) is 9.76. The molecule has 0 radical (unpaired) electrons. The number of fused-ring (bicyclic) bond motifs is 1. The molecule has 3 rings (SSSR count). The molecule has 0 unspecified atom stereocenters. The summed E-state index contributed by atoms with van der Waals surface area (Å²) < 4.78 is 54.4. The minimum Gasteiger partial charge on any atom is -0.496 e. The third-order valence-corrected chi connectivity index (χ3v) is 3.65. The zero-order chi connectivity index (χ0) is 18.0. The molecule has 1 aliphatic rings. The molecule has 2 aromatic carbocycles. The first-order valence-electron chi connectivity index (χ1n) is 7.19. The van der Waals surface area contributed by atoms with Crippen molar-refractivity contribution in [1.82, 2.24) is 0 Å². The summed E-state index contributed by atoms with van der Waals surface area (Å²) in [6.45, 7) is 0.0738. The molecule has 0 N–H and O–H groups in total. The topological polar surface area (TPSA) is 51.5 Å². The zero-order valence-electron chi connectivity index (χ0n) is 13.1. The van der Waals surface area contributed by atoms with Gasteiger partial charge in [0, 0.05) is 11.6 Å². The number of methoxy groups -OCH3 is 1. The Labute approximate surface area is 141 Å². The van der Waals surface area contributed by atoms with Gasteiger partial charge in [0.15, 0.2) is 11.5 Å². The van der Waals surface area contributed by atoms with E-state index in [-0.39, 0.29) is 17.9 Å². The Balaban J connectivity index is 2.07. The number of allylic oxidation sites excluding steroid dienone is 1. The van der Waals surface area contributed by atoms with Crippen molar-refractivity contribution in [3.05, 3.63) is 53.1 Å². The Morgan fingerprint density at radius 3 is 2.56 bits per heavy atom. The molecule has 0 bridgehead atoms. The van der Waals surface area contributed by atoms with Crippen molar-refractivity contribution in [3.63, 3.8) is 0 Å². The van der Waals surface area contributed by atoms with Crippen molar-refractivity contribution in [2.24, 2.45) is 0 Å². The van der Waals surface area contributed by atoms with Gasteiger partial charge in [0.1, 0.15) is 5.75 Å². The van der Waals surface area contributed by atoms with Gasteiger partial charge >= 0.3 is 6.18 Å². The normalized spacial score (nSPS) is 13.5. The quantitative estimate of drug-likeness (QED) is 0.606. The fraction of sp³-hybridized carbons (Fsp3) is 0.167. The van der Waals surface area contributed by atoms with E-state index in [0.717, 1.165) is 12.1 Å². The second kappa shape index (κ2) is 6.40. The largest absolute Gasteiger partial charge is 0.496 e. The standard InChI is InChI=1S/C18H12F3NO3/c1-23-15-8-17-16(24-10-25-17)7-12(15)5-13(9-22)11-3-2-4-14(6-11)18(19,20)21/h2-8H,10H2,1H3/b13-5+. The summed E-state index contributed by atoms with van der Waals surface area (Å²) >= 11 is 0. The highest BCUT2D eigenvalue weighted by Gasteiger charge is 2.30. The van der Waals surface area contributed by atoms with Crippen LogP contribution in [0.4, 0.5) is 13.2 Å². The van der Waals surface area contributed by atoms with Gasteiger partial charge in [-0.25, -0.2) is 0 Å². The summed E-state index contributed by atoms with van der Waals surface area (Å²) in [5.74, 6) is 1.41. The van der Waals surface area contributed by atoms with Crippen LogP contribution >= 0.6 is 0 Å². The van der Waals surface area contributed by atoms with Gasteiger partial charge in [-0.2, -0.15) is 18.4 Å². The maximum absolute atomic E-state index is 12.9. The predicted molar refractivity (Wildman–Crippen MR) is 84.0 cm³/mol. The van der Waals surface area contributed by atoms with Gasteiger partial charge in [-0.15, -0.1) is 0 Å². The van der Waals surface area contributed by atoms with Crippen LogP contribution in [0.2, 0.25) is 0 Å². The highest BCUT2D eigenvalue weighted by atomic mass is 19.4. The first-order chi connectivity index (χ1) is 11.9. The van der Waals surface area contributed by atoms with Crippen molar-refractivity contribution >= 4 is 11.6 Å². The van der Waals surface area contributed by atoms with E-state index in [1.807, 2.05) is 6.07 Å². The van der Waals surface area contributed by atoms with Crippen molar-refractivity contribution in [2.45, 2.75) is 6.18 Å². The molecule has 1 aliphatic heterocycles. The van der Waals surface area contributed by atoms with Crippen molar-refractivity contribution in [1.29, 1.82) is 5.26 Å². The second-order valence-corrected chi connectivity index (χ2v) is 5.20.